The highest BCUT2D eigenvalue weighted by molar-refractivity contribution is 5.81. The monoisotopic (exact) mass is 245 g/mol. The number of aromatic amines is 1. The number of nitrogens with two attached hydrogens (primary N) is 1. The summed E-state index contributed by atoms with van der Waals surface area (Å²) in [6, 6.07) is 4.65. The molecule has 1 aromatic heterocycles. The summed E-state index contributed by atoms with van der Waals surface area (Å²) in [5.74, 6) is -0.740. The predicted molar refractivity (Wildman–Crippen MR) is 55.6 cm³/mol. The van der Waals surface area contributed by atoms with Gasteiger partial charge >= 0.3 is 6.18 Å². The molecule has 0 aliphatic carbocycles. The number of hydrogen-bond donors (Lipinski definition) is 2. The lowest BCUT2D eigenvalue weighted by Gasteiger charge is -2.03. The Morgan fingerprint density at radius 1 is 1.35 bits per heavy atom. The normalized spacial score (nSPS) is 12.0. The summed E-state index contributed by atoms with van der Waals surface area (Å²) in [5.41, 5.74) is 5.71. The molecule has 0 amide bonds. The van der Waals surface area contributed by atoms with E-state index in [1.807, 2.05) is 0 Å². The van der Waals surface area contributed by atoms with Crippen molar-refractivity contribution >= 4 is 11.0 Å². The maximum Gasteiger partial charge on any atom is 0.449 e. The fourth-order valence-electron chi connectivity index (χ4n) is 1.43. The van der Waals surface area contributed by atoms with Gasteiger partial charge in [-0.3, -0.25) is 0 Å². The van der Waals surface area contributed by atoms with E-state index in [1.165, 1.54) is 6.07 Å². The minimum atomic E-state index is -4.50. The molecule has 2 rings (SSSR count). The van der Waals surface area contributed by atoms with Gasteiger partial charge in [-0.1, -0.05) is 6.07 Å². The molecule has 0 spiro atoms. The standard InChI is InChI=1S/C10H10F3N3O/c11-10(12,13)9-15-6-2-1-3-7(8(6)16-9)17-5-4-14/h1-3H,4-5,14H2,(H,15,16). The Morgan fingerprint density at radius 3 is 2.76 bits per heavy atom. The van der Waals surface area contributed by atoms with Gasteiger partial charge in [-0.2, -0.15) is 13.2 Å². The molecule has 7 heteroatoms. The van der Waals surface area contributed by atoms with Crippen LogP contribution in [-0.2, 0) is 6.18 Å². The van der Waals surface area contributed by atoms with Gasteiger partial charge in [0.25, 0.3) is 0 Å². The lowest BCUT2D eigenvalue weighted by molar-refractivity contribution is -0.144. The molecular weight excluding hydrogens is 235 g/mol. The highest BCUT2D eigenvalue weighted by atomic mass is 19.4. The zero-order valence-corrected chi connectivity index (χ0v) is 8.71. The molecule has 92 valence electrons. The fourth-order valence-corrected chi connectivity index (χ4v) is 1.43. The van der Waals surface area contributed by atoms with Gasteiger partial charge in [-0.25, -0.2) is 4.98 Å². The molecule has 17 heavy (non-hydrogen) atoms. The maximum atomic E-state index is 12.5. The van der Waals surface area contributed by atoms with E-state index in [4.69, 9.17) is 10.5 Å². The molecule has 0 bridgehead atoms. The lowest BCUT2D eigenvalue weighted by Crippen LogP contribution is -2.10. The van der Waals surface area contributed by atoms with Gasteiger partial charge < -0.3 is 15.5 Å². The topological polar surface area (TPSA) is 63.9 Å². The first-order valence-electron chi connectivity index (χ1n) is 4.91. The van der Waals surface area contributed by atoms with Crippen LogP contribution in [0.2, 0.25) is 0 Å². The van der Waals surface area contributed by atoms with Crippen molar-refractivity contribution in [3.63, 3.8) is 0 Å². The minimum Gasteiger partial charge on any atom is -0.490 e. The number of halogens is 3. The quantitative estimate of drug-likeness (QED) is 0.868. The van der Waals surface area contributed by atoms with Crippen LogP contribution in [0.15, 0.2) is 18.2 Å². The minimum absolute atomic E-state index is 0.160. The number of nitrogens with one attached hydrogen (secondary N) is 1. The van der Waals surface area contributed by atoms with Crippen LogP contribution in [0.4, 0.5) is 13.2 Å². The van der Waals surface area contributed by atoms with Crippen LogP contribution in [0.1, 0.15) is 5.82 Å². The fraction of sp³-hybridized carbons (Fsp3) is 0.300. The summed E-state index contributed by atoms with van der Waals surface area (Å²) < 4.78 is 42.6. The second-order valence-corrected chi connectivity index (χ2v) is 3.37. The molecule has 3 N–H and O–H groups in total. The van der Waals surface area contributed by atoms with Crippen molar-refractivity contribution in [3.8, 4) is 5.75 Å². The average molecular weight is 245 g/mol. The van der Waals surface area contributed by atoms with Gasteiger partial charge in [0.1, 0.15) is 17.9 Å². The number of alkyl halides is 3. The van der Waals surface area contributed by atoms with Crippen LogP contribution < -0.4 is 10.5 Å². The highest BCUT2D eigenvalue weighted by Gasteiger charge is 2.35. The first kappa shape index (κ1) is 11.7. The molecular formula is C10H10F3N3O. The van der Waals surface area contributed by atoms with Gasteiger partial charge in [0.15, 0.2) is 0 Å². The third kappa shape index (κ3) is 2.33. The number of H-pyrrole nitrogens is 1. The highest BCUT2D eigenvalue weighted by Crippen LogP contribution is 2.31. The first-order chi connectivity index (χ1) is 8.02. The van der Waals surface area contributed by atoms with Crippen molar-refractivity contribution in [2.45, 2.75) is 6.18 Å². The molecule has 0 saturated carbocycles. The second-order valence-electron chi connectivity index (χ2n) is 3.37. The largest absolute Gasteiger partial charge is 0.490 e. The number of imidazole rings is 1. The van der Waals surface area contributed by atoms with Crippen LogP contribution in [-0.4, -0.2) is 23.1 Å². The van der Waals surface area contributed by atoms with Gasteiger partial charge in [-0.15, -0.1) is 0 Å². The van der Waals surface area contributed by atoms with Gasteiger partial charge in [0.05, 0.1) is 5.52 Å². The Labute approximate surface area is 94.6 Å². The molecule has 0 unspecified atom stereocenters. The van der Waals surface area contributed by atoms with E-state index in [1.54, 1.807) is 12.1 Å². The predicted octanol–water partition coefficient (Wildman–Crippen LogP) is 1.92. The van der Waals surface area contributed by atoms with E-state index in [2.05, 4.69) is 9.97 Å². The Hall–Kier alpha value is -1.76. The molecule has 1 heterocycles. The number of fused-ring (bicyclic) bond motifs is 1. The smallest absolute Gasteiger partial charge is 0.449 e. The van der Waals surface area contributed by atoms with E-state index >= 15 is 0 Å². The molecule has 0 aliphatic heterocycles. The number of benzene rings is 1. The number of rotatable bonds is 3. The van der Waals surface area contributed by atoms with E-state index < -0.39 is 12.0 Å². The SMILES string of the molecule is NCCOc1cccc2[nH]c(C(F)(F)F)nc12. The third-order valence-corrected chi connectivity index (χ3v) is 2.12. The Kier molecular flexibility index (Phi) is 2.93. The summed E-state index contributed by atoms with van der Waals surface area (Å²) in [5, 5.41) is 0. The zero-order chi connectivity index (χ0) is 12.5. The molecule has 0 atom stereocenters. The Bertz CT molecular complexity index is 521. The van der Waals surface area contributed by atoms with E-state index in [-0.39, 0.29) is 24.2 Å². The summed E-state index contributed by atoms with van der Waals surface area (Å²) in [4.78, 5) is 5.70. The maximum absolute atomic E-state index is 12.5. The molecule has 0 radical (unpaired) electrons. The number of aromatic nitrogens is 2. The third-order valence-electron chi connectivity index (χ3n) is 2.12. The van der Waals surface area contributed by atoms with Crippen molar-refractivity contribution in [3.05, 3.63) is 24.0 Å². The second kappa shape index (κ2) is 4.25. The number of hydrogen-bond acceptors (Lipinski definition) is 3. The molecule has 0 saturated heterocycles. The molecule has 0 fully saturated rings. The lowest BCUT2D eigenvalue weighted by atomic mass is 10.3. The van der Waals surface area contributed by atoms with Crippen molar-refractivity contribution in [2.24, 2.45) is 5.73 Å². The van der Waals surface area contributed by atoms with Gasteiger partial charge in [0.2, 0.25) is 5.82 Å². The van der Waals surface area contributed by atoms with Gasteiger partial charge in [-0.05, 0) is 12.1 Å². The Morgan fingerprint density at radius 2 is 2.12 bits per heavy atom. The van der Waals surface area contributed by atoms with E-state index in [0.717, 1.165) is 0 Å². The van der Waals surface area contributed by atoms with Crippen molar-refractivity contribution in [1.82, 2.24) is 9.97 Å². The summed E-state index contributed by atoms with van der Waals surface area (Å²) in [7, 11) is 0. The molecule has 2 aromatic rings. The summed E-state index contributed by atoms with van der Waals surface area (Å²) >= 11 is 0. The van der Waals surface area contributed by atoms with Crippen LogP contribution in [0.5, 0.6) is 5.75 Å². The first-order valence-corrected chi connectivity index (χ1v) is 4.91. The summed E-state index contributed by atoms with van der Waals surface area (Å²) in [6.45, 7) is 0.514. The molecule has 4 nitrogen and oxygen atoms in total. The van der Waals surface area contributed by atoms with Crippen LogP contribution in [0, 0.1) is 0 Å². The van der Waals surface area contributed by atoms with Crippen molar-refractivity contribution in [1.29, 1.82) is 0 Å². The van der Waals surface area contributed by atoms with Crippen LogP contribution >= 0.6 is 0 Å². The number of nitrogens with zero attached hydrogens (tertiary/aromatic N) is 1. The Balaban J connectivity index is 2.45. The van der Waals surface area contributed by atoms with Crippen molar-refractivity contribution in [2.75, 3.05) is 13.2 Å². The van der Waals surface area contributed by atoms with E-state index in [9.17, 15) is 13.2 Å². The number of ether oxygens (including phenoxy) is 1. The molecule has 0 aliphatic rings. The summed E-state index contributed by atoms with van der Waals surface area (Å²) in [6.07, 6.45) is -4.50. The zero-order valence-electron chi connectivity index (χ0n) is 8.71. The van der Waals surface area contributed by atoms with Gasteiger partial charge in [0, 0.05) is 6.54 Å². The van der Waals surface area contributed by atoms with Crippen LogP contribution in [0.25, 0.3) is 11.0 Å². The number of para-hydroxylation sites is 1. The molecule has 1 aromatic carbocycles. The van der Waals surface area contributed by atoms with Crippen molar-refractivity contribution < 1.29 is 17.9 Å². The van der Waals surface area contributed by atoms with Crippen LogP contribution in [0.3, 0.4) is 0 Å². The average Bonchev–Trinajstić information content (AvgIpc) is 2.70. The van der Waals surface area contributed by atoms with E-state index in [0.29, 0.717) is 5.75 Å².